The molecule has 0 aromatic heterocycles. The molecule has 3 heteroatoms. The number of benzene rings is 1. The molecule has 2 aliphatic rings. The van der Waals surface area contributed by atoms with Gasteiger partial charge in [0.25, 0.3) is 0 Å². The van der Waals surface area contributed by atoms with Crippen LogP contribution in [-0.2, 0) is 4.43 Å². The second-order valence-corrected chi connectivity index (χ2v) is 17.3. The normalized spacial score (nSPS) is 31.3. The van der Waals surface area contributed by atoms with Crippen LogP contribution in [0.15, 0.2) is 30.3 Å². The molecule has 2 fully saturated rings. The molecule has 1 saturated heterocycles. The minimum absolute atomic E-state index is 0.623. The van der Waals surface area contributed by atoms with Gasteiger partial charge < -0.3 is 4.43 Å². The summed E-state index contributed by atoms with van der Waals surface area (Å²) in [7, 11) is -2.73. The molecule has 21 heavy (non-hydrogen) atoms. The summed E-state index contributed by atoms with van der Waals surface area (Å²) in [6, 6.07) is 12.7. The fraction of sp³-hybridized carbons (Fsp3) is 0.667. The maximum absolute atomic E-state index is 6.51. The van der Waals surface area contributed by atoms with Crippen molar-refractivity contribution < 1.29 is 4.43 Å². The van der Waals surface area contributed by atoms with E-state index in [2.05, 4.69) is 56.5 Å². The Hall–Kier alpha value is -0.386. The average Bonchev–Trinajstić information content (AvgIpc) is 2.95. The number of hydrogen-bond acceptors (Lipinski definition) is 1. The van der Waals surface area contributed by atoms with E-state index in [0.29, 0.717) is 6.10 Å². The first kappa shape index (κ1) is 15.5. The van der Waals surface area contributed by atoms with E-state index in [-0.39, 0.29) is 0 Å². The molecule has 1 aliphatic carbocycles. The van der Waals surface area contributed by atoms with Gasteiger partial charge in [0.2, 0.25) is 0 Å². The van der Waals surface area contributed by atoms with Gasteiger partial charge in [-0.2, -0.15) is 0 Å². The van der Waals surface area contributed by atoms with E-state index in [9.17, 15) is 0 Å². The van der Waals surface area contributed by atoms with Gasteiger partial charge in [-0.05, 0) is 37.4 Å². The molecule has 1 nitrogen and oxygen atoms in total. The van der Waals surface area contributed by atoms with Gasteiger partial charge in [0.05, 0.1) is 8.07 Å². The van der Waals surface area contributed by atoms with E-state index >= 15 is 0 Å². The Labute approximate surface area is 132 Å². The second kappa shape index (κ2) is 5.67. The van der Waals surface area contributed by atoms with Crippen LogP contribution in [0.5, 0.6) is 0 Å². The highest BCUT2D eigenvalue weighted by atomic mass is 28.4. The second-order valence-electron chi connectivity index (χ2n) is 8.25. The van der Waals surface area contributed by atoms with Crippen molar-refractivity contribution in [3.05, 3.63) is 30.3 Å². The Morgan fingerprint density at radius 2 is 1.86 bits per heavy atom. The molecule has 0 spiro atoms. The van der Waals surface area contributed by atoms with Gasteiger partial charge in [-0.25, -0.2) is 0 Å². The monoisotopic (exact) mass is 318 g/mol. The zero-order valence-electron chi connectivity index (χ0n) is 14.1. The van der Waals surface area contributed by atoms with E-state index in [1.165, 1.54) is 31.7 Å². The Balaban J connectivity index is 1.69. The average molecular weight is 319 g/mol. The maximum atomic E-state index is 6.51. The summed E-state index contributed by atoms with van der Waals surface area (Å²) in [6.07, 6.45) is 6.19. The first-order valence-electron chi connectivity index (χ1n) is 8.63. The van der Waals surface area contributed by atoms with Crippen molar-refractivity contribution >= 4 is 21.6 Å². The summed E-state index contributed by atoms with van der Waals surface area (Å²) in [4.78, 5) is 0. The lowest BCUT2D eigenvalue weighted by molar-refractivity contribution is 0.198. The molecule has 0 radical (unpaired) electrons. The van der Waals surface area contributed by atoms with Gasteiger partial charge >= 0.3 is 0 Å². The lowest BCUT2D eigenvalue weighted by Gasteiger charge is -2.30. The van der Waals surface area contributed by atoms with E-state index in [1.807, 2.05) is 0 Å². The molecule has 0 bridgehead atoms. The quantitative estimate of drug-likeness (QED) is 0.727. The zero-order chi connectivity index (χ0) is 15.1. The van der Waals surface area contributed by atoms with Crippen LogP contribution in [0.3, 0.4) is 0 Å². The predicted octanol–water partition coefficient (Wildman–Crippen LogP) is 4.77. The van der Waals surface area contributed by atoms with Crippen LogP contribution in [0.4, 0.5) is 0 Å². The minimum atomic E-state index is -1.44. The fourth-order valence-electron chi connectivity index (χ4n) is 4.67. The minimum Gasteiger partial charge on any atom is -0.414 e. The fourth-order valence-corrected chi connectivity index (χ4v) is 10.9. The van der Waals surface area contributed by atoms with Crippen LogP contribution in [0.25, 0.3) is 0 Å². The van der Waals surface area contributed by atoms with Crippen molar-refractivity contribution in [2.24, 2.45) is 5.92 Å². The number of hydrogen-bond donors (Lipinski definition) is 0. The summed E-state index contributed by atoms with van der Waals surface area (Å²) in [5.41, 5.74) is 0.903. The van der Waals surface area contributed by atoms with E-state index in [0.717, 1.165) is 11.5 Å². The molecule has 1 saturated carbocycles. The van der Waals surface area contributed by atoms with Gasteiger partial charge in [0.1, 0.15) is 0 Å². The van der Waals surface area contributed by atoms with E-state index < -0.39 is 16.4 Å². The van der Waals surface area contributed by atoms with Crippen LogP contribution in [0, 0.1) is 5.92 Å². The molecule has 1 aromatic carbocycles. The standard InChI is InChI=1S/C18H30OSi2/c1-20(2,15-9-6-5-7-10-15)14-13-18-16-11-8-12-17(16)19-21(18,3)4/h5-7,9-10,16-18H,8,11-14H2,1-4H3/t16-,17+,18?/m1/s1. The lowest BCUT2D eigenvalue weighted by atomic mass is 9.99. The lowest BCUT2D eigenvalue weighted by Crippen LogP contribution is -2.42. The van der Waals surface area contributed by atoms with Crippen molar-refractivity contribution in [1.82, 2.24) is 0 Å². The van der Waals surface area contributed by atoms with E-state index in [1.54, 1.807) is 5.19 Å². The third-order valence-electron chi connectivity index (χ3n) is 6.00. The zero-order valence-corrected chi connectivity index (χ0v) is 16.1. The molecule has 0 N–H and O–H groups in total. The molecule has 116 valence electrons. The first-order chi connectivity index (χ1) is 9.90. The molecule has 1 aliphatic heterocycles. The summed E-state index contributed by atoms with van der Waals surface area (Å²) in [5, 5.41) is 1.62. The van der Waals surface area contributed by atoms with Gasteiger partial charge in [0.15, 0.2) is 8.32 Å². The Morgan fingerprint density at radius 1 is 1.14 bits per heavy atom. The molecule has 3 atom stereocenters. The Morgan fingerprint density at radius 3 is 2.57 bits per heavy atom. The highest BCUT2D eigenvalue weighted by molar-refractivity contribution is 6.89. The topological polar surface area (TPSA) is 9.23 Å². The largest absolute Gasteiger partial charge is 0.414 e. The van der Waals surface area contributed by atoms with Crippen LogP contribution in [0.1, 0.15) is 25.7 Å². The van der Waals surface area contributed by atoms with E-state index in [4.69, 9.17) is 4.43 Å². The van der Waals surface area contributed by atoms with Crippen molar-refractivity contribution in [2.45, 2.75) is 69.6 Å². The summed E-state index contributed by atoms with van der Waals surface area (Å²) < 4.78 is 6.51. The van der Waals surface area contributed by atoms with Gasteiger partial charge in [-0.15, -0.1) is 0 Å². The molecule has 1 unspecified atom stereocenters. The third-order valence-corrected chi connectivity index (χ3v) is 12.9. The van der Waals surface area contributed by atoms with Crippen LogP contribution >= 0.6 is 0 Å². The highest BCUT2D eigenvalue weighted by Gasteiger charge is 2.52. The molecular formula is C18H30OSi2. The summed E-state index contributed by atoms with van der Waals surface area (Å²) >= 11 is 0. The molecular weight excluding hydrogens is 288 g/mol. The SMILES string of the molecule is C[Si](C)(CCC1[C@@H]2CCC[C@@H]2O[Si]1(C)C)c1ccccc1. The number of rotatable bonds is 4. The maximum Gasteiger partial charge on any atom is 0.190 e. The van der Waals surface area contributed by atoms with Gasteiger partial charge in [-0.3, -0.25) is 0 Å². The summed E-state index contributed by atoms with van der Waals surface area (Å²) in [6.45, 7) is 10.0. The van der Waals surface area contributed by atoms with Gasteiger partial charge in [-0.1, -0.05) is 67.5 Å². The van der Waals surface area contributed by atoms with Crippen LogP contribution in [-0.4, -0.2) is 22.5 Å². The van der Waals surface area contributed by atoms with Crippen molar-refractivity contribution in [3.63, 3.8) is 0 Å². The Kier molecular flexibility index (Phi) is 4.19. The first-order valence-corrected chi connectivity index (χ1v) is 14.8. The van der Waals surface area contributed by atoms with Crippen molar-refractivity contribution in [1.29, 1.82) is 0 Å². The van der Waals surface area contributed by atoms with Crippen LogP contribution in [0.2, 0.25) is 37.8 Å². The smallest absolute Gasteiger partial charge is 0.190 e. The molecule has 1 heterocycles. The van der Waals surface area contributed by atoms with Crippen molar-refractivity contribution in [3.8, 4) is 0 Å². The van der Waals surface area contributed by atoms with Crippen LogP contribution < -0.4 is 5.19 Å². The molecule has 3 rings (SSSR count). The predicted molar refractivity (Wildman–Crippen MR) is 96.4 cm³/mol. The summed E-state index contributed by atoms with van der Waals surface area (Å²) in [5.74, 6) is 0.896. The molecule has 1 aromatic rings. The number of fused-ring (bicyclic) bond motifs is 1. The Bertz CT molecular complexity index is 483. The van der Waals surface area contributed by atoms with Gasteiger partial charge in [0, 0.05) is 6.10 Å². The van der Waals surface area contributed by atoms with Crippen molar-refractivity contribution in [2.75, 3.05) is 0 Å². The highest BCUT2D eigenvalue weighted by Crippen LogP contribution is 2.52. The third kappa shape index (κ3) is 3.06. The molecule has 0 amide bonds.